The highest BCUT2D eigenvalue weighted by molar-refractivity contribution is 9.10. The highest BCUT2D eigenvalue weighted by Gasteiger charge is 2.11. The van der Waals surface area contributed by atoms with E-state index < -0.39 is 0 Å². The zero-order valence-electron chi connectivity index (χ0n) is 8.99. The van der Waals surface area contributed by atoms with Crippen LogP contribution < -0.4 is 0 Å². The molecule has 80 valence electrons. The lowest BCUT2D eigenvalue weighted by Gasteiger charge is -1.96. The van der Waals surface area contributed by atoms with E-state index in [0.29, 0.717) is 0 Å². The number of rotatable bonds is 2. The molecule has 0 N–H and O–H groups in total. The van der Waals surface area contributed by atoms with Crippen LogP contribution in [0.25, 0.3) is 0 Å². The maximum Gasteiger partial charge on any atom is 0.271 e. The lowest BCUT2D eigenvalue weighted by molar-refractivity contribution is 0.0951. The Hall–Kier alpha value is -1.16. The zero-order chi connectivity index (χ0) is 11.4. The Bertz CT molecular complexity index is 430. The molecule has 0 radical (unpaired) electrons. The first kappa shape index (κ1) is 11.9. The van der Waals surface area contributed by atoms with Gasteiger partial charge in [-0.3, -0.25) is 4.79 Å². The molecule has 0 fully saturated rings. The molecule has 1 aromatic heterocycles. The summed E-state index contributed by atoms with van der Waals surface area (Å²) in [4.78, 5) is 11.7. The number of allylic oxidation sites excluding steroid dienone is 4. The largest absolute Gasteiger partial charge is 0.271 e. The van der Waals surface area contributed by atoms with Gasteiger partial charge in [0.25, 0.3) is 5.91 Å². The number of aromatic nitrogens is 2. The Labute approximate surface area is 97.6 Å². The van der Waals surface area contributed by atoms with Crippen LogP contribution in [0.15, 0.2) is 28.8 Å². The predicted molar refractivity (Wildman–Crippen MR) is 64.0 cm³/mol. The topological polar surface area (TPSA) is 34.9 Å². The molecule has 0 saturated heterocycles. The maximum atomic E-state index is 11.7. The number of carbonyl (C=O) groups excluding carboxylic acids is 1. The Morgan fingerprint density at radius 2 is 2.07 bits per heavy atom. The van der Waals surface area contributed by atoms with Crippen LogP contribution in [0.1, 0.15) is 23.1 Å². The SMILES string of the molecule is C/C=C/C=C/C(=O)n1nc(C)c(Br)c1C. The number of carbonyl (C=O) groups is 1. The summed E-state index contributed by atoms with van der Waals surface area (Å²) in [7, 11) is 0. The number of hydrogen-bond donors (Lipinski definition) is 0. The van der Waals surface area contributed by atoms with Gasteiger partial charge in [0.15, 0.2) is 0 Å². The van der Waals surface area contributed by atoms with Crippen LogP contribution in [-0.4, -0.2) is 15.7 Å². The third-order valence-electron chi connectivity index (χ3n) is 1.95. The second-order valence-corrected chi connectivity index (χ2v) is 3.91. The molecule has 3 nitrogen and oxygen atoms in total. The normalized spacial score (nSPS) is 11.7. The Morgan fingerprint density at radius 1 is 1.40 bits per heavy atom. The Morgan fingerprint density at radius 3 is 2.53 bits per heavy atom. The van der Waals surface area contributed by atoms with Gasteiger partial charge in [-0.1, -0.05) is 18.2 Å². The van der Waals surface area contributed by atoms with Crippen molar-refractivity contribution < 1.29 is 4.79 Å². The minimum Gasteiger partial charge on any atom is -0.267 e. The molecule has 0 saturated carbocycles. The molecule has 15 heavy (non-hydrogen) atoms. The third kappa shape index (κ3) is 2.65. The average Bonchev–Trinajstić information content (AvgIpc) is 2.46. The maximum absolute atomic E-state index is 11.7. The van der Waals surface area contributed by atoms with Crippen LogP contribution in [0.5, 0.6) is 0 Å². The van der Waals surface area contributed by atoms with Gasteiger partial charge in [0.05, 0.1) is 15.9 Å². The van der Waals surface area contributed by atoms with Crippen LogP contribution >= 0.6 is 15.9 Å². The summed E-state index contributed by atoms with van der Waals surface area (Å²) in [5.74, 6) is -0.139. The second kappa shape index (κ2) is 5.07. The van der Waals surface area contributed by atoms with Gasteiger partial charge in [-0.15, -0.1) is 0 Å². The molecule has 1 rings (SSSR count). The minimum atomic E-state index is -0.139. The Balaban J connectivity index is 2.97. The van der Waals surface area contributed by atoms with Crippen molar-refractivity contribution in [3.8, 4) is 0 Å². The fourth-order valence-corrected chi connectivity index (χ4v) is 1.41. The standard InChI is InChI=1S/C11H13BrN2O/c1-4-5-6-7-10(15)14-9(3)11(12)8(2)13-14/h4-7H,1-3H3/b5-4+,7-6+. The monoisotopic (exact) mass is 268 g/mol. The number of aryl methyl sites for hydroxylation is 1. The minimum absolute atomic E-state index is 0.139. The van der Waals surface area contributed by atoms with E-state index in [0.717, 1.165) is 15.9 Å². The van der Waals surface area contributed by atoms with Crippen LogP contribution in [0.2, 0.25) is 0 Å². The number of hydrogen-bond acceptors (Lipinski definition) is 2. The van der Waals surface area contributed by atoms with Gasteiger partial charge in [0.2, 0.25) is 0 Å². The molecule has 0 amide bonds. The van der Waals surface area contributed by atoms with Crippen molar-refractivity contribution in [3.63, 3.8) is 0 Å². The summed E-state index contributed by atoms with van der Waals surface area (Å²) >= 11 is 3.38. The van der Waals surface area contributed by atoms with Crippen LogP contribution in [-0.2, 0) is 0 Å². The van der Waals surface area contributed by atoms with E-state index in [4.69, 9.17) is 0 Å². The molecular weight excluding hydrogens is 256 g/mol. The van der Waals surface area contributed by atoms with E-state index in [2.05, 4.69) is 21.0 Å². The fourth-order valence-electron chi connectivity index (χ4n) is 1.16. The van der Waals surface area contributed by atoms with Crippen molar-refractivity contribution in [2.24, 2.45) is 0 Å². The van der Waals surface area contributed by atoms with Gasteiger partial charge in [0.1, 0.15) is 0 Å². The molecule has 0 aliphatic heterocycles. The average molecular weight is 269 g/mol. The summed E-state index contributed by atoms with van der Waals surface area (Å²) in [5, 5.41) is 4.13. The lowest BCUT2D eigenvalue weighted by Crippen LogP contribution is -2.10. The first-order valence-corrected chi connectivity index (χ1v) is 5.42. The molecule has 0 aliphatic rings. The molecule has 1 heterocycles. The molecule has 0 spiro atoms. The number of halogens is 1. The summed E-state index contributed by atoms with van der Waals surface area (Å²) in [6, 6.07) is 0. The highest BCUT2D eigenvalue weighted by atomic mass is 79.9. The first-order valence-electron chi connectivity index (χ1n) is 4.63. The first-order chi connectivity index (χ1) is 7.07. The molecule has 1 aromatic rings. The van der Waals surface area contributed by atoms with Crippen molar-refractivity contribution in [1.29, 1.82) is 0 Å². The van der Waals surface area contributed by atoms with Crippen LogP contribution in [0.3, 0.4) is 0 Å². The molecule has 0 aromatic carbocycles. The van der Waals surface area contributed by atoms with E-state index in [1.165, 1.54) is 10.8 Å². The molecule has 0 unspecified atom stereocenters. The van der Waals surface area contributed by atoms with Crippen molar-refractivity contribution in [2.75, 3.05) is 0 Å². The fraction of sp³-hybridized carbons (Fsp3) is 0.273. The van der Waals surface area contributed by atoms with Crippen molar-refractivity contribution >= 4 is 21.8 Å². The zero-order valence-corrected chi connectivity index (χ0v) is 10.6. The summed E-state index contributed by atoms with van der Waals surface area (Å²) in [6.45, 7) is 5.61. The number of nitrogens with zero attached hydrogens (tertiary/aromatic N) is 2. The summed E-state index contributed by atoms with van der Waals surface area (Å²) in [5.41, 5.74) is 1.64. The molecule has 0 bridgehead atoms. The van der Waals surface area contributed by atoms with Gasteiger partial charge in [-0.2, -0.15) is 5.10 Å². The quantitative estimate of drug-likeness (QED) is 0.611. The van der Waals surface area contributed by atoms with E-state index in [-0.39, 0.29) is 5.91 Å². The van der Waals surface area contributed by atoms with E-state index in [1.54, 1.807) is 12.2 Å². The summed E-state index contributed by atoms with van der Waals surface area (Å²) < 4.78 is 2.27. The Kier molecular flexibility index (Phi) is 4.03. The van der Waals surface area contributed by atoms with Crippen LogP contribution in [0.4, 0.5) is 0 Å². The van der Waals surface area contributed by atoms with Crippen molar-refractivity contribution in [1.82, 2.24) is 9.78 Å². The van der Waals surface area contributed by atoms with Crippen molar-refractivity contribution in [2.45, 2.75) is 20.8 Å². The lowest BCUT2D eigenvalue weighted by atomic mass is 10.4. The highest BCUT2D eigenvalue weighted by Crippen LogP contribution is 2.19. The van der Waals surface area contributed by atoms with E-state index in [9.17, 15) is 4.79 Å². The van der Waals surface area contributed by atoms with Crippen molar-refractivity contribution in [3.05, 3.63) is 40.2 Å². The predicted octanol–water partition coefficient (Wildman–Crippen LogP) is 3.03. The smallest absolute Gasteiger partial charge is 0.267 e. The van der Waals surface area contributed by atoms with Crippen LogP contribution in [0, 0.1) is 13.8 Å². The summed E-state index contributed by atoms with van der Waals surface area (Å²) in [6.07, 6.45) is 6.86. The second-order valence-electron chi connectivity index (χ2n) is 3.12. The van der Waals surface area contributed by atoms with Gasteiger partial charge < -0.3 is 0 Å². The van der Waals surface area contributed by atoms with Gasteiger partial charge >= 0.3 is 0 Å². The third-order valence-corrected chi connectivity index (χ3v) is 3.10. The molecule has 0 atom stereocenters. The molecular formula is C11H13BrN2O. The molecule has 0 aliphatic carbocycles. The van der Waals surface area contributed by atoms with Gasteiger partial charge in [-0.05, 0) is 36.7 Å². The van der Waals surface area contributed by atoms with E-state index in [1.807, 2.05) is 26.8 Å². The van der Waals surface area contributed by atoms with Gasteiger partial charge in [-0.25, -0.2) is 4.68 Å². The van der Waals surface area contributed by atoms with Gasteiger partial charge in [0, 0.05) is 6.08 Å². The molecule has 4 heteroatoms. The van der Waals surface area contributed by atoms with E-state index >= 15 is 0 Å².